The van der Waals surface area contributed by atoms with Crippen LogP contribution in [0.25, 0.3) is 0 Å². The number of nitrogens with zero attached hydrogens (tertiary/aromatic N) is 2. The van der Waals surface area contributed by atoms with Crippen LogP contribution in [0.5, 0.6) is 0 Å². The second kappa shape index (κ2) is 5.45. The van der Waals surface area contributed by atoms with Crippen molar-refractivity contribution in [2.75, 3.05) is 26.7 Å². The number of hydrogen-bond acceptors (Lipinski definition) is 3. The number of hydroxylamine groups is 2. The van der Waals surface area contributed by atoms with Crippen molar-refractivity contribution >= 4 is 11.8 Å². The van der Waals surface area contributed by atoms with E-state index in [-0.39, 0.29) is 11.8 Å². The Morgan fingerprint density at radius 2 is 1.80 bits per heavy atom. The summed E-state index contributed by atoms with van der Waals surface area (Å²) in [5.41, 5.74) is 0. The van der Waals surface area contributed by atoms with Gasteiger partial charge in [0.05, 0.1) is 32.8 Å². The summed E-state index contributed by atoms with van der Waals surface area (Å²) in [5.74, 6) is 0.133. The SMILES string of the molecule is C[N@+]12CCCC[C@@H]1[C@@H](CON1C(=O)CCC1=O)CCC2. The molecule has 0 unspecified atom stereocenters. The zero-order valence-electron chi connectivity index (χ0n) is 12.3. The predicted molar refractivity (Wildman–Crippen MR) is 73.3 cm³/mol. The Labute approximate surface area is 120 Å². The molecule has 3 rings (SSSR count). The molecule has 5 heteroatoms. The maximum Gasteiger partial charge on any atom is 0.253 e. The molecular formula is C15H25N2O3+. The van der Waals surface area contributed by atoms with E-state index >= 15 is 0 Å². The molecule has 0 spiro atoms. The first-order valence-electron chi connectivity index (χ1n) is 7.93. The van der Waals surface area contributed by atoms with Crippen LogP contribution in [0.15, 0.2) is 0 Å². The van der Waals surface area contributed by atoms with Gasteiger partial charge in [0, 0.05) is 25.2 Å². The number of quaternary nitrogens is 1. The monoisotopic (exact) mass is 281 g/mol. The fourth-order valence-electron chi connectivity index (χ4n) is 4.30. The largest absolute Gasteiger partial charge is 0.323 e. The van der Waals surface area contributed by atoms with Crippen molar-refractivity contribution in [1.82, 2.24) is 5.06 Å². The third kappa shape index (κ3) is 2.49. The zero-order valence-corrected chi connectivity index (χ0v) is 12.3. The second-order valence-electron chi connectivity index (χ2n) is 6.77. The lowest BCUT2D eigenvalue weighted by Gasteiger charge is -2.51. The number of fused-ring (bicyclic) bond motifs is 1. The standard InChI is InChI=1S/C15H25N2O3/c1-17-9-3-2-6-13(17)12(5-4-10-17)11-20-16-14(18)7-8-15(16)19/h12-13H,2-11H2,1H3/q+1/t12-,13-,17-/m1/s1. The molecule has 2 amide bonds. The molecule has 0 aromatic heterocycles. The first-order chi connectivity index (χ1) is 9.60. The zero-order chi connectivity index (χ0) is 14.2. The fraction of sp³-hybridized carbons (Fsp3) is 0.867. The highest BCUT2D eigenvalue weighted by atomic mass is 16.7. The fourth-order valence-corrected chi connectivity index (χ4v) is 4.30. The van der Waals surface area contributed by atoms with Gasteiger partial charge in [-0.2, -0.15) is 5.06 Å². The van der Waals surface area contributed by atoms with Gasteiger partial charge < -0.3 is 4.48 Å². The Kier molecular flexibility index (Phi) is 3.82. The van der Waals surface area contributed by atoms with Crippen LogP contribution in [-0.4, -0.2) is 54.1 Å². The Hall–Kier alpha value is -0.940. The smallest absolute Gasteiger partial charge is 0.253 e. The number of piperidine rings is 2. The molecule has 0 aliphatic carbocycles. The van der Waals surface area contributed by atoms with Crippen molar-refractivity contribution in [3.63, 3.8) is 0 Å². The summed E-state index contributed by atoms with van der Waals surface area (Å²) in [4.78, 5) is 28.7. The third-order valence-electron chi connectivity index (χ3n) is 5.43. The molecule has 3 aliphatic heterocycles. The molecule has 5 nitrogen and oxygen atoms in total. The lowest BCUT2D eigenvalue weighted by molar-refractivity contribution is -0.947. The van der Waals surface area contributed by atoms with Gasteiger partial charge >= 0.3 is 0 Å². The van der Waals surface area contributed by atoms with Crippen LogP contribution < -0.4 is 0 Å². The minimum Gasteiger partial charge on any atom is -0.323 e. The van der Waals surface area contributed by atoms with Crippen LogP contribution in [0.2, 0.25) is 0 Å². The van der Waals surface area contributed by atoms with E-state index in [1.807, 2.05) is 0 Å². The number of amides is 2. The molecule has 3 fully saturated rings. The Bertz CT molecular complexity index is 392. The van der Waals surface area contributed by atoms with Gasteiger partial charge in [-0.05, 0) is 25.7 Å². The number of hydrogen-bond donors (Lipinski definition) is 0. The Morgan fingerprint density at radius 1 is 1.10 bits per heavy atom. The summed E-state index contributed by atoms with van der Waals surface area (Å²) in [5, 5.41) is 1.02. The van der Waals surface area contributed by atoms with Crippen molar-refractivity contribution < 1.29 is 18.9 Å². The summed E-state index contributed by atoms with van der Waals surface area (Å²) in [6.45, 7) is 3.06. The predicted octanol–water partition coefficient (Wildman–Crippen LogP) is 1.48. The van der Waals surface area contributed by atoms with E-state index in [4.69, 9.17) is 4.84 Å². The normalized spacial score (nSPS) is 38.1. The molecule has 0 bridgehead atoms. The van der Waals surface area contributed by atoms with Crippen LogP contribution >= 0.6 is 0 Å². The summed E-state index contributed by atoms with van der Waals surface area (Å²) < 4.78 is 1.16. The summed E-state index contributed by atoms with van der Waals surface area (Å²) in [7, 11) is 2.36. The van der Waals surface area contributed by atoms with E-state index in [1.54, 1.807) is 0 Å². The molecule has 20 heavy (non-hydrogen) atoms. The van der Waals surface area contributed by atoms with Crippen LogP contribution in [0, 0.1) is 5.92 Å². The lowest BCUT2D eigenvalue weighted by Crippen LogP contribution is -2.61. The summed E-state index contributed by atoms with van der Waals surface area (Å²) in [6.07, 6.45) is 6.88. The quantitative estimate of drug-likeness (QED) is 0.581. The number of rotatable bonds is 3. The highest BCUT2D eigenvalue weighted by Crippen LogP contribution is 2.36. The van der Waals surface area contributed by atoms with Crippen molar-refractivity contribution in [3.8, 4) is 0 Å². The van der Waals surface area contributed by atoms with Crippen LogP contribution in [0.3, 0.4) is 0 Å². The van der Waals surface area contributed by atoms with Gasteiger partial charge in [0.15, 0.2) is 0 Å². The van der Waals surface area contributed by atoms with E-state index < -0.39 is 0 Å². The van der Waals surface area contributed by atoms with Gasteiger partial charge in [-0.15, -0.1) is 0 Å². The molecule has 3 atom stereocenters. The van der Waals surface area contributed by atoms with Gasteiger partial charge in [-0.25, -0.2) is 0 Å². The summed E-state index contributed by atoms with van der Waals surface area (Å²) in [6, 6.07) is 0.644. The van der Waals surface area contributed by atoms with Crippen LogP contribution in [0.4, 0.5) is 0 Å². The van der Waals surface area contributed by atoms with E-state index in [0.29, 0.717) is 31.4 Å². The topological polar surface area (TPSA) is 46.6 Å². The molecule has 3 heterocycles. The van der Waals surface area contributed by atoms with E-state index in [0.717, 1.165) is 16.0 Å². The molecule has 3 aliphatic rings. The van der Waals surface area contributed by atoms with Crippen LogP contribution in [0.1, 0.15) is 44.9 Å². The molecule has 112 valence electrons. The van der Waals surface area contributed by atoms with Gasteiger partial charge in [0.1, 0.15) is 0 Å². The second-order valence-corrected chi connectivity index (χ2v) is 6.77. The molecule has 0 aromatic carbocycles. The number of carbonyl (C=O) groups excluding carboxylic acids is 2. The van der Waals surface area contributed by atoms with Gasteiger partial charge in [0.25, 0.3) is 11.8 Å². The van der Waals surface area contributed by atoms with Gasteiger partial charge in [-0.3, -0.25) is 14.4 Å². The molecular weight excluding hydrogens is 256 g/mol. The molecule has 3 saturated heterocycles. The van der Waals surface area contributed by atoms with E-state index in [1.165, 1.54) is 38.8 Å². The van der Waals surface area contributed by atoms with Crippen molar-refractivity contribution in [2.45, 2.75) is 51.0 Å². The average molecular weight is 281 g/mol. The minimum atomic E-state index is -0.174. The number of carbonyl (C=O) groups is 2. The number of imide groups is 1. The van der Waals surface area contributed by atoms with E-state index in [9.17, 15) is 9.59 Å². The molecule has 0 aromatic rings. The van der Waals surface area contributed by atoms with Crippen LogP contribution in [-0.2, 0) is 14.4 Å². The molecule has 0 N–H and O–H groups in total. The first-order valence-corrected chi connectivity index (χ1v) is 7.93. The van der Waals surface area contributed by atoms with E-state index in [2.05, 4.69) is 7.05 Å². The summed E-state index contributed by atoms with van der Waals surface area (Å²) >= 11 is 0. The maximum atomic E-state index is 11.6. The van der Waals surface area contributed by atoms with Crippen molar-refractivity contribution in [3.05, 3.63) is 0 Å². The Morgan fingerprint density at radius 3 is 2.55 bits per heavy atom. The van der Waals surface area contributed by atoms with Crippen molar-refractivity contribution in [2.24, 2.45) is 5.92 Å². The average Bonchev–Trinajstić information content (AvgIpc) is 2.75. The van der Waals surface area contributed by atoms with Crippen molar-refractivity contribution in [1.29, 1.82) is 0 Å². The Balaban J connectivity index is 1.61. The highest BCUT2D eigenvalue weighted by Gasteiger charge is 2.44. The third-order valence-corrected chi connectivity index (χ3v) is 5.43. The molecule has 0 radical (unpaired) electrons. The minimum absolute atomic E-state index is 0.174. The highest BCUT2D eigenvalue weighted by molar-refractivity contribution is 6.00. The first kappa shape index (κ1) is 14.0. The van der Waals surface area contributed by atoms with Gasteiger partial charge in [0.2, 0.25) is 0 Å². The maximum absolute atomic E-state index is 11.6. The molecule has 0 saturated carbocycles. The van der Waals surface area contributed by atoms with Gasteiger partial charge in [-0.1, -0.05) is 0 Å². The lowest BCUT2D eigenvalue weighted by atomic mass is 9.82.